The van der Waals surface area contributed by atoms with Crippen LogP contribution in [0, 0.1) is 0 Å². The van der Waals surface area contributed by atoms with Crippen molar-refractivity contribution in [2.24, 2.45) is 0 Å². The van der Waals surface area contributed by atoms with Crippen molar-refractivity contribution in [2.45, 2.75) is 0 Å². The average molecular weight is 337 g/mol. The highest BCUT2D eigenvalue weighted by molar-refractivity contribution is 9.10. The van der Waals surface area contributed by atoms with Crippen LogP contribution in [-0.4, -0.2) is 42.4 Å². The molecular formula is C14H13BrN2O3. The molecule has 1 aliphatic rings. The molecule has 6 heteroatoms. The molecule has 1 N–H and O–H groups in total. The van der Waals surface area contributed by atoms with E-state index in [0.717, 1.165) is 15.2 Å². The van der Waals surface area contributed by atoms with E-state index in [0.29, 0.717) is 32.0 Å². The van der Waals surface area contributed by atoms with E-state index in [9.17, 15) is 9.90 Å². The molecule has 0 radical (unpaired) electrons. The second-order valence-electron chi connectivity index (χ2n) is 4.56. The molecule has 0 unspecified atom stereocenters. The van der Waals surface area contributed by atoms with E-state index in [-0.39, 0.29) is 5.69 Å². The van der Waals surface area contributed by atoms with Crippen molar-refractivity contribution >= 4 is 38.4 Å². The van der Waals surface area contributed by atoms with Gasteiger partial charge in [0.25, 0.3) is 0 Å². The van der Waals surface area contributed by atoms with Crippen LogP contribution in [0.15, 0.2) is 28.9 Å². The number of ether oxygens (including phenoxy) is 1. The first kappa shape index (κ1) is 13.3. The summed E-state index contributed by atoms with van der Waals surface area (Å²) in [5.41, 5.74) is 0.775. The Hall–Kier alpha value is -1.66. The largest absolute Gasteiger partial charge is 0.476 e. The van der Waals surface area contributed by atoms with E-state index >= 15 is 0 Å². The minimum Gasteiger partial charge on any atom is -0.476 e. The van der Waals surface area contributed by atoms with Gasteiger partial charge in [-0.25, -0.2) is 9.78 Å². The van der Waals surface area contributed by atoms with Gasteiger partial charge in [0.15, 0.2) is 5.69 Å². The van der Waals surface area contributed by atoms with Crippen molar-refractivity contribution in [3.8, 4) is 0 Å². The maximum absolute atomic E-state index is 11.5. The molecule has 1 aromatic carbocycles. The van der Waals surface area contributed by atoms with Gasteiger partial charge in [-0.05, 0) is 6.07 Å². The molecule has 1 fully saturated rings. The van der Waals surface area contributed by atoms with Crippen LogP contribution < -0.4 is 4.90 Å². The van der Waals surface area contributed by atoms with Crippen LogP contribution in [0.5, 0.6) is 0 Å². The van der Waals surface area contributed by atoms with Gasteiger partial charge in [0.05, 0.1) is 18.9 Å². The van der Waals surface area contributed by atoms with Gasteiger partial charge >= 0.3 is 5.97 Å². The lowest BCUT2D eigenvalue weighted by Crippen LogP contribution is -2.37. The fraction of sp³-hybridized carbons (Fsp3) is 0.286. The number of aromatic carboxylic acids is 1. The number of rotatable bonds is 2. The molecule has 3 rings (SSSR count). The quantitative estimate of drug-likeness (QED) is 0.912. The van der Waals surface area contributed by atoms with E-state index in [4.69, 9.17) is 4.74 Å². The molecule has 2 heterocycles. The number of pyridine rings is 1. The monoisotopic (exact) mass is 336 g/mol. The van der Waals surface area contributed by atoms with Crippen LogP contribution in [0.1, 0.15) is 10.5 Å². The Morgan fingerprint density at radius 2 is 2.05 bits per heavy atom. The summed E-state index contributed by atoms with van der Waals surface area (Å²) in [6.07, 6.45) is 1.60. The third-order valence-electron chi connectivity index (χ3n) is 3.38. The molecular weight excluding hydrogens is 324 g/mol. The highest BCUT2D eigenvalue weighted by Gasteiger charge is 2.22. The van der Waals surface area contributed by atoms with Gasteiger partial charge in [-0.15, -0.1) is 0 Å². The van der Waals surface area contributed by atoms with Crippen LogP contribution in [0.25, 0.3) is 10.8 Å². The number of carbonyl (C=O) groups is 1. The molecule has 1 aliphatic heterocycles. The van der Waals surface area contributed by atoms with Crippen LogP contribution >= 0.6 is 15.9 Å². The normalized spacial score (nSPS) is 15.6. The summed E-state index contributed by atoms with van der Waals surface area (Å²) in [5, 5.41) is 11.2. The van der Waals surface area contributed by atoms with Crippen LogP contribution in [-0.2, 0) is 4.74 Å². The number of anilines is 1. The second kappa shape index (κ2) is 5.38. The summed E-state index contributed by atoms with van der Waals surface area (Å²) < 4.78 is 6.25. The molecule has 0 atom stereocenters. The fourth-order valence-electron chi connectivity index (χ4n) is 2.46. The number of halogens is 1. The number of morpholine rings is 1. The predicted octanol–water partition coefficient (Wildman–Crippen LogP) is 2.53. The van der Waals surface area contributed by atoms with Gasteiger partial charge in [-0.3, -0.25) is 0 Å². The van der Waals surface area contributed by atoms with Crippen molar-refractivity contribution in [1.29, 1.82) is 0 Å². The number of carboxylic acids is 1. The molecule has 20 heavy (non-hydrogen) atoms. The third kappa shape index (κ3) is 2.25. The fourth-order valence-corrected chi connectivity index (χ4v) is 2.92. The lowest BCUT2D eigenvalue weighted by Gasteiger charge is -2.30. The Kier molecular flexibility index (Phi) is 3.58. The summed E-state index contributed by atoms with van der Waals surface area (Å²) in [4.78, 5) is 17.6. The summed E-state index contributed by atoms with van der Waals surface area (Å²) in [6.45, 7) is 2.55. The van der Waals surface area contributed by atoms with Crippen LogP contribution in [0.2, 0.25) is 0 Å². The number of nitrogens with zero attached hydrogens (tertiary/aromatic N) is 2. The van der Waals surface area contributed by atoms with Crippen molar-refractivity contribution in [3.63, 3.8) is 0 Å². The first-order chi connectivity index (χ1) is 9.68. The molecule has 1 saturated heterocycles. The van der Waals surface area contributed by atoms with Gasteiger partial charge < -0.3 is 14.7 Å². The number of carboxylic acid groups (broad SMARTS) is 1. The van der Waals surface area contributed by atoms with Gasteiger partial charge in [-0.2, -0.15) is 0 Å². The highest BCUT2D eigenvalue weighted by Crippen LogP contribution is 2.33. The molecule has 0 bridgehead atoms. The van der Waals surface area contributed by atoms with E-state index < -0.39 is 5.97 Å². The number of fused-ring (bicyclic) bond motifs is 1. The van der Waals surface area contributed by atoms with Crippen molar-refractivity contribution in [2.75, 3.05) is 31.2 Å². The topological polar surface area (TPSA) is 62.7 Å². The number of aromatic nitrogens is 1. The Bertz CT molecular complexity index is 669. The number of hydrogen-bond acceptors (Lipinski definition) is 4. The second-order valence-corrected chi connectivity index (χ2v) is 5.42. The maximum Gasteiger partial charge on any atom is 0.356 e. The summed E-state index contributed by atoms with van der Waals surface area (Å²) in [6, 6.07) is 5.76. The van der Waals surface area contributed by atoms with Gasteiger partial charge in [0.1, 0.15) is 0 Å². The summed E-state index contributed by atoms with van der Waals surface area (Å²) in [7, 11) is 0. The van der Waals surface area contributed by atoms with E-state index in [2.05, 4.69) is 20.9 Å². The van der Waals surface area contributed by atoms with Crippen LogP contribution in [0.3, 0.4) is 0 Å². The van der Waals surface area contributed by atoms with E-state index in [1.807, 2.05) is 23.1 Å². The Morgan fingerprint density at radius 3 is 2.75 bits per heavy atom. The molecule has 0 aliphatic carbocycles. The zero-order valence-corrected chi connectivity index (χ0v) is 12.3. The van der Waals surface area contributed by atoms with Crippen molar-refractivity contribution in [1.82, 2.24) is 4.98 Å². The minimum atomic E-state index is -1.01. The molecule has 2 aromatic rings. The molecule has 5 nitrogen and oxygen atoms in total. The van der Waals surface area contributed by atoms with Crippen molar-refractivity contribution < 1.29 is 14.6 Å². The van der Waals surface area contributed by atoms with E-state index in [1.165, 1.54) is 0 Å². The Balaban J connectivity index is 2.26. The Morgan fingerprint density at radius 1 is 1.30 bits per heavy atom. The highest BCUT2D eigenvalue weighted by atomic mass is 79.9. The standard InChI is InChI=1S/C14H13BrN2O3/c15-11-3-1-2-9-10(11)8-16-12(14(18)19)13(9)17-4-6-20-7-5-17/h1-3,8H,4-7H2,(H,18,19). The lowest BCUT2D eigenvalue weighted by molar-refractivity contribution is 0.0690. The first-order valence-electron chi connectivity index (χ1n) is 6.31. The summed E-state index contributed by atoms with van der Waals surface area (Å²) in [5.74, 6) is -1.01. The predicted molar refractivity (Wildman–Crippen MR) is 79.4 cm³/mol. The number of hydrogen-bond donors (Lipinski definition) is 1. The zero-order valence-electron chi connectivity index (χ0n) is 10.7. The van der Waals surface area contributed by atoms with Gasteiger partial charge in [0, 0.05) is 34.5 Å². The van der Waals surface area contributed by atoms with Crippen molar-refractivity contribution in [3.05, 3.63) is 34.6 Å². The van der Waals surface area contributed by atoms with Crippen LogP contribution in [0.4, 0.5) is 5.69 Å². The molecule has 0 amide bonds. The smallest absolute Gasteiger partial charge is 0.356 e. The molecule has 1 aromatic heterocycles. The minimum absolute atomic E-state index is 0.0949. The molecule has 0 saturated carbocycles. The van der Waals surface area contributed by atoms with Gasteiger partial charge in [0.2, 0.25) is 0 Å². The maximum atomic E-state index is 11.5. The average Bonchev–Trinajstić information content (AvgIpc) is 2.47. The molecule has 0 spiro atoms. The Labute approximate surface area is 124 Å². The lowest BCUT2D eigenvalue weighted by atomic mass is 10.1. The van der Waals surface area contributed by atoms with E-state index in [1.54, 1.807) is 6.20 Å². The zero-order chi connectivity index (χ0) is 14.1. The molecule has 104 valence electrons. The summed E-state index contributed by atoms with van der Waals surface area (Å²) >= 11 is 3.49. The first-order valence-corrected chi connectivity index (χ1v) is 7.11. The number of benzene rings is 1. The SMILES string of the molecule is O=C(O)c1ncc2c(Br)cccc2c1N1CCOCC1. The van der Waals surface area contributed by atoms with Gasteiger partial charge in [-0.1, -0.05) is 28.1 Å². The third-order valence-corrected chi connectivity index (χ3v) is 4.08.